The molecule has 1 aliphatic rings. The van der Waals surface area contributed by atoms with E-state index in [9.17, 15) is 4.79 Å². The minimum atomic E-state index is -0.262. The van der Waals surface area contributed by atoms with Crippen molar-refractivity contribution in [1.82, 2.24) is 15.1 Å². The van der Waals surface area contributed by atoms with Gasteiger partial charge < -0.3 is 10.5 Å². The average Bonchev–Trinajstić information content (AvgIpc) is 2.90. The number of rotatable bonds is 6. The molecular weight excluding hydrogens is 244 g/mol. The molecule has 6 nitrogen and oxygen atoms in total. The Balaban J connectivity index is 1.95. The number of nitrogens with zero attached hydrogens (tertiary/aromatic N) is 2. The summed E-state index contributed by atoms with van der Waals surface area (Å²) in [5.41, 5.74) is 6.10. The number of likely N-dealkylation sites (tertiary alicyclic amines) is 1. The van der Waals surface area contributed by atoms with Crippen molar-refractivity contribution in [3.8, 4) is 0 Å². The van der Waals surface area contributed by atoms with E-state index in [4.69, 9.17) is 10.5 Å². The standard InChI is InChI=1S/C13H22N4O2/c1-19-13(6-3-12(14)18)5-2-8-17(10-13)9-11-4-7-15-16-11/h4,7H,2-3,5-6,8-10H2,1H3,(H2,14,18)(H,15,16). The number of piperidine rings is 1. The van der Waals surface area contributed by atoms with Gasteiger partial charge in [-0.15, -0.1) is 0 Å². The summed E-state index contributed by atoms with van der Waals surface area (Å²) < 4.78 is 5.70. The van der Waals surface area contributed by atoms with E-state index in [0.717, 1.165) is 38.2 Å². The average molecular weight is 266 g/mol. The first-order valence-electron chi connectivity index (χ1n) is 6.68. The van der Waals surface area contributed by atoms with Gasteiger partial charge in [0.15, 0.2) is 0 Å². The van der Waals surface area contributed by atoms with Gasteiger partial charge in [-0.05, 0) is 31.9 Å². The quantitative estimate of drug-likeness (QED) is 0.792. The molecule has 1 atom stereocenters. The number of ether oxygens (including phenoxy) is 1. The van der Waals surface area contributed by atoms with E-state index in [1.54, 1.807) is 13.3 Å². The van der Waals surface area contributed by atoms with Gasteiger partial charge in [0.05, 0.1) is 5.60 Å². The van der Waals surface area contributed by atoms with Crippen molar-refractivity contribution >= 4 is 5.91 Å². The third-order valence-corrected chi connectivity index (χ3v) is 3.83. The molecule has 6 heteroatoms. The van der Waals surface area contributed by atoms with Gasteiger partial charge in [-0.3, -0.25) is 14.8 Å². The van der Waals surface area contributed by atoms with E-state index in [0.29, 0.717) is 12.8 Å². The number of primary amides is 1. The molecule has 1 fully saturated rings. The van der Waals surface area contributed by atoms with Gasteiger partial charge in [0.2, 0.25) is 5.91 Å². The van der Waals surface area contributed by atoms with Gasteiger partial charge in [-0.2, -0.15) is 5.10 Å². The summed E-state index contributed by atoms with van der Waals surface area (Å²) >= 11 is 0. The largest absolute Gasteiger partial charge is 0.377 e. The maximum Gasteiger partial charge on any atom is 0.217 e. The van der Waals surface area contributed by atoms with Crippen LogP contribution in [0.1, 0.15) is 31.4 Å². The van der Waals surface area contributed by atoms with Crippen LogP contribution in [-0.2, 0) is 16.1 Å². The van der Waals surface area contributed by atoms with Gasteiger partial charge in [0.25, 0.3) is 0 Å². The van der Waals surface area contributed by atoms with Gasteiger partial charge in [0.1, 0.15) is 0 Å². The SMILES string of the molecule is COC1(CCC(N)=O)CCCN(Cc2ccn[nH]2)C1. The number of nitrogens with two attached hydrogens (primary N) is 1. The first kappa shape index (κ1) is 14.0. The lowest BCUT2D eigenvalue weighted by Crippen LogP contribution is -2.49. The van der Waals surface area contributed by atoms with Crippen LogP contribution in [0.5, 0.6) is 0 Å². The van der Waals surface area contributed by atoms with Crippen LogP contribution in [0.15, 0.2) is 12.3 Å². The lowest BCUT2D eigenvalue weighted by molar-refractivity contribution is -0.121. The number of methoxy groups -OCH3 is 1. The maximum absolute atomic E-state index is 11.0. The van der Waals surface area contributed by atoms with E-state index in [1.807, 2.05) is 6.07 Å². The summed E-state index contributed by atoms with van der Waals surface area (Å²) in [6.45, 7) is 2.71. The van der Waals surface area contributed by atoms with Crippen LogP contribution in [0.2, 0.25) is 0 Å². The van der Waals surface area contributed by atoms with Crippen LogP contribution in [0.3, 0.4) is 0 Å². The minimum absolute atomic E-state index is 0.243. The third kappa shape index (κ3) is 3.78. The van der Waals surface area contributed by atoms with E-state index in [1.165, 1.54) is 0 Å². The van der Waals surface area contributed by atoms with Crippen LogP contribution in [0, 0.1) is 0 Å². The summed E-state index contributed by atoms with van der Waals surface area (Å²) in [6, 6.07) is 1.98. The normalized spacial score (nSPS) is 24.5. The van der Waals surface area contributed by atoms with Crippen LogP contribution >= 0.6 is 0 Å². The Bertz CT molecular complexity index is 407. The Morgan fingerprint density at radius 1 is 1.68 bits per heavy atom. The van der Waals surface area contributed by atoms with E-state index < -0.39 is 0 Å². The second-order valence-electron chi connectivity index (χ2n) is 5.25. The monoisotopic (exact) mass is 266 g/mol. The number of nitrogens with one attached hydrogen (secondary N) is 1. The predicted molar refractivity (Wildman–Crippen MR) is 71.3 cm³/mol. The van der Waals surface area contributed by atoms with Crippen molar-refractivity contribution in [3.63, 3.8) is 0 Å². The molecule has 0 radical (unpaired) electrons. The van der Waals surface area contributed by atoms with E-state index in [2.05, 4.69) is 15.1 Å². The summed E-state index contributed by atoms with van der Waals surface area (Å²) in [4.78, 5) is 13.3. The van der Waals surface area contributed by atoms with Crippen molar-refractivity contribution in [2.24, 2.45) is 5.73 Å². The Morgan fingerprint density at radius 3 is 3.16 bits per heavy atom. The fourth-order valence-electron chi connectivity index (χ4n) is 2.76. The summed E-state index contributed by atoms with van der Waals surface area (Å²) in [5.74, 6) is -0.262. The second-order valence-corrected chi connectivity index (χ2v) is 5.25. The number of hydrogen-bond acceptors (Lipinski definition) is 4. The molecule has 3 N–H and O–H groups in total. The highest BCUT2D eigenvalue weighted by Crippen LogP contribution is 2.29. The number of hydrogen-bond donors (Lipinski definition) is 2. The van der Waals surface area contributed by atoms with Crippen LogP contribution in [0.25, 0.3) is 0 Å². The molecule has 1 aromatic rings. The summed E-state index contributed by atoms with van der Waals surface area (Å²) in [7, 11) is 1.72. The molecule has 2 rings (SSSR count). The second kappa shape index (κ2) is 6.16. The summed E-state index contributed by atoms with van der Waals surface area (Å²) in [6.07, 6.45) is 4.89. The Kier molecular flexibility index (Phi) is 4.55. The number of aromatic amines is 1. The van der Waals surface area contributed by atoms with Crippen LogP contribution < -0.4 is 5.73 Å². The molecule has 0 aliphatic carbocycles. The molecular formula is C13H22N4O2. The molecule has 19 heavy (non-hydrogen) atoms. The number of carbonyl (C=O) groups is 1. The molecule has 1 saturated heterocycles. The Hall–Kier alpha value is -1.40. The Labute approximate surface area is 113 Å². The fraction of sp³-hybridized carbons (Fsp3) is 0.692. The topological polar surface area (TPSA) is 84.2 Å². The summed E-state index contributed by atoms with van der Waals surface area (Å²) in [5, 5.41) is 6.93. The lowest BCUT2D eigenvalue weighted by Gasteiger charge is -2.41. The highest BCUT2D eigenvalue weighted by Gasteiger charge is 2.35. The van der Waals surface area contributed by atoms with Crippen molar-refractivity contribution in [2.45, 2.75) is 37.8 Å². The molecule has 1 unspecified atom stereocenters. The third-order valence-electron chi connectivity index (χ3n) is 3.83. The van der Waals surface area contributed by atoms with Crippen molar-refractivity contribution in [3.05, 3.63) is 18.0 Å². The highest BCUT2D eigenvalue weighted by atomic mass is 16.5. The highest BCUT2D eigenvalue weighted by molar-refractivity contribution is 5.73. The molecule has 1 aliphatic heterocycles. The van der Waals surface area contributed by atoms with Crippen molar-refractivity contribution < 1.29 is 9.53 Å². The lowest BCUT2D eigenvalue weighted by atomic mass is 9.87. The van der Waals surface area contributed by atoms with E-state index in [-0.39, 0.29) is 11.5 Å². The first-order valence-corrected chi connectivity index (χ1v) is 6.68. The smallest absolute Gasteiger partial charge is 0.217 e. The van der Waals surface area contributed by atoms with E-state index >= 15 is 0 Å². The molecule has 0 saturated carbocycles. The number of H-pyrrole nitrogens is 1. The van der Waals surface area contributed by atoms with Gasteiger partial charge in [0, 0.05) is 38.5 Å². The van der Waals surface area contributed by atoms with Crippen LogP contribution in [0.4, 0.5) is 0 Å². The zero-order chi connectivity index (χ0) is 13.7. The molecule has 1 amide bonds. The predicted octanol–water partition coefficient (Wildman–Crippen LogP) is 0.656. The molecule has 2 heterocycles. The molecule has 106 valence electrons. The van der Waals surface area contributed by atoms with Gasteiger partial charge >= 0.3 is 0 Å². The molecule has 1 aromatic heterocycles. The zero-order valence-corrected chi connectivity index (χ0v) is 11.4. The number of amides is 1. The maximum atomic E-state index is 11.0. The van der Waals surface area contributed by atoms with Gasteiger partial charge in [-0.25, -0.2) is 0 Å². The van der Waals surface area contributed by atoms with Gasteiger partial charge in [-0.1, -0.05) is 0 Å². The zero-order valence-electron chi connectivity index (χ0n) is 11.4. The number of aromatic nitrogens is 2. The first-order chi connectivity index (χ1) is 9.13. The van der Waals surface area contributed by atoms with Crippen molar-refractivity contribution in [2.75, 3.05) is 20.2 Å². The molecule has 0 aromatic carbocycles. The number of carbonyl (C=O) groups excluding carboxylic acids is 1. The van der Waals surface area contributed by atoms with Crippen LogP contribution in [-0.4, -0.2) is 46.8 Å². The Morgan fingerprint density at radius 2 is 2.53 bits per heavy atom. The molecule has 0 bridgehead atoms. The van der Waals surface area contributed by atoms with Crippen molar-refractivity contribution in [1.29, 1.82) is 0 Å². The fourth-order valence-corrected chi connectivity index (χ4v) is 2.76. The minimum Gasteiger partial charge on any atom is -0.377 e. The molecule has 0 spiro atoms.